The van der Waals surface area contributed by atoms with Crippen molar-refractivity contribution in [3.63, 3.8) is 0 Å². The molecule has 0 amide bonds. The van der Waals surface area contributed by atoms with Gasteiger partial charge in [-0.2, -0.15) is 0 Å². The van der Waals surface area contributed by atoms with Crippen molar-refractivity contribution in [1.82, 2.24) is 0 Å². The molecule has 21 heavy (non-hydrogen) atoms. The topological polar surface area (TPSA) is 52.6 Å². The average Bonchev–Trinajstić information content (AvgIpc) is 2.51. The number of rotatable bonds is 5. The van der Waals surface area contributed by atoms with E-state index in [1.54, 1.807) is 19.1 Å². The standard InChI is InChI=1S/C17H16O4/c1-3-16(18)21-12(2)11-20-17(19)15-10-6-8-13-7-4-5-9-14(13)15/h3-10,12H,1,11H2,2H3. The molecule has 0 aliphatic heterocycles. The molecule has 108 valence electrons. The number of fused-ring (bicyclic) bond motifs is 1. The van der Waals surface area contributed by atoms with Crippen LogP contribution in [0.3, 0.4) is 0 Å². The van der Waals surface area contributed by atoms with Crippen LogP contribution in [-0.4, -0.2) is 24.6 Å². The summed E-state index contributed by atoms with van der Waals surface area (Å²) in [4.78, 5) is 23.2. The Balaban J connectivity index is 2.06. The Morgan fingerprint density at radius 1 is 1.19 bits per heavy atom. The highest BCUT2D eigenvalue weighted by atomic mass is 16.6. The summed E-state index contributed by atoms with van der Waals surface area (Å²) in [6.45, 7) is 4.96. The molecule has 0 spiro atoms. The molecule has 2 aromatic rings. The summed E-state index contributed by atoms with van der Waals surface area (Å²) in [7, 11) is 0. The molecule has 1 unspecified atom stereocenters. The first-order chi connectivity index (χ1) is 10.1. The first-order valence-corrected chi connectivity index (χ1v) is 6.59. The molecule has 0 aromatic heterocycles. The minimum absolute atomic E-state index is 0.00162. The summed E-state index contributed by atoms with van der Waals surface area (Å²) < 4.78 is 10.1. The Labute approximate surface area is 123 Å². The number of carbonyl (C=O) groups excluding carboxylic acids is 2. The van der Waals surface area contributed by atoms with Crippen molar-refractivity contribution in [2.45, 2.75) is 13.0 Å². The third-order valence-corrected chi connectivity index (χ3v) is 2.94. The monoisotopic (exact) mass is 284 g/mol. The van der Waals surface area contributed by atoms with Crippen LogP contribution in [0.5, 0.6) is 0 Å². The van der Waals surface area contributed by atoms with Gasteiger partial charge in [0.15, 0.2) is 0 Å². The van der Waals surface area contributed by atoms with Gasteiger partial charge in [0, 0.05) is 6.08 Å². The van der Waals surface area contributed by atoms with Gasteiger partial charge in [-0.25, -0.2) is 9.59 Å². The van der Waals surface area contributed by atoms with Gasteiger partial charge < -0.3 is 9.47 Å². The summed E-state index contributed by atoms with van der Waals surface area (Å²) >= 11 is 0. The van der Waals surface area contributed by atoms with E-state index in [2.05, 4.69) is 6.58 Å². The zero-order valence-corrected chi connectivity index (χ0v) is 11.7. The van der Waals surface area contributed by atoms with Gasteiger partial charge in [0.25, 0.3) is 0 Å². The summed E-state index contributed by atoms with van der Waals surface area (Å²) in [6, 6.07) is 13.0. The lowest BCUT2D eigenvalue weighted by Gasteiger charge is -2.13. The maximum atomic E-state index is 12.1. The first-order valence-electron chi connectivity index (χ1n) is 6.59. The maximum Gasteiger partial charge on any atom is 0.338 e. The van der Waals surface area contributed by atoms with E-state index < -0.39 is 18.0 Å². The first kappa shape index (κ1) is 14.8. The van der Waals surface area contributed by atoms with Crippen LogP contribution in [0.2, 0.25) is 0 Å². The molecule has 0 fully saturated rings. The number of benzene rings is 2. The van der Waals surface area contributed by atoms with Crippen LogP contribution < -0.4 is 0 Å². The predicted molar refractivity (Wildman–Crippen MR) is 80.0 cm³/mol. The highest BCUT2D eigenvalue weighted by Gasteiger charge is 2.14. The number of carbonyl (C=O) groups is 2. The van der Waals surface area contributed by atoms with Crippen molar-refractivity contribution < 1.29 is 19.1 Å². The molecule has 0 radical (unpaired) electrons. The molecule has 1 atom stereocenters. The molecule has 4 heteroatoms. The molecule has 0 saturated carbocycles. The Hall–Kier alpha value is -2.62. The van der Waals surface area contributed by atoms with Gasteiger partial charge in [-0.05, 0) is 23.8 Å². The molecule has 0 aliphatic carbocycles. The van der Waals surface area contributed by atoms with Crippen LogP contribution in [0.4, 0.5) is 0 Å². The van der Waals surface area contributed by atoms with E-state index in [9.17, 15) is 9.59 Å². The van der Waals surface area contributed by atoms with Gasteiger partial charge in [0.2, 0.25) is 0 Å². The van der Waals surface area contributed by atoms with Crippen LogP contribution in [0.25, 0.3) is 10.8 Å². The average molecular weight is 284 g/mol. The number of ether oxygens (including phenoxy) is 2. The van der Waals surface area contributed by atoms with E-state index >= 15 is 0 Å². The highest BCUT2D eigenvalue weighted by Crippen LogP contribution is 2.19. The zero-order chi connectivity index (χ0) is 15.2. The van der Waals surface area contributed by atoms with Crippen LogP contribution in [0.15, 0.2) is 55.1 Å². The number of hydrogen-bond donors (Lipinski definition) is 0. The molecular formula is C17H16O4. The Morgan fingerprint density at radius 3 is 2.67 bits per heavy atom. The third-order valence-electron chi connectivity index (χ3n) is 2.94. The molecule has 4 nitrogen and oxygen atoms in total. The van der Waals surface area contributed by atoms with Crippen LogP contribution in [0.1, 0.15) is 17.3 Å². The van der Waals surface area contributed by atoms with E-state index in [4.69, 9.17) is 9.47 Å². The van der Waals surface area contributed by atoms with Gasteiger partial charge in [-0.15, -0.1) is 0 Å². The van der Waals surface area contributed by atoms with Gasteiger partial charge in [0.1, 0.15) is 12.7 Å². The quantitative estimate of drug-likeness (QED) is 0.625. The van der Waals surface area contributed by atoms with Crippen LogP contribution in [-0.2, 0) is 14.3 Å². The highest BCUT2D eigenvalue weighted by molar-refractivity contribution is 6.04. The van der Waals surface area contributed by atoms with Crippen molar-refractivity contribution in [3.05, 3.63) is 60.7 Å². The molecule has 0 N–H and O–H groups in total. The summed E-state index contributed by atoms with van der Waals surface area (Å²) in [5.74, 6) is -0.975. The maximum absolute atomic E-state index is 12.1. The third kappa shape index (κ3) is 3.69. The van der Waals surface area contributed by atoms with Crippen LogP contribution >= 0.6 is 0 Å². The summed E-state index contributed by atoms with van der Waals surface area (Å²) in [5, 5.41) is 1.80. The second kappa shape index (κ2) is 6.70. The van der Waals surface area contributed by atoms with Crippen molar-refractivity contribution in [3.8, 4) is 0 Å². The van der Waals surface area contributed by atoms with Gasteiger partial charge in [-0.3, -0.25) is 0 Å². The smallest absolute Gasteiger partial charge is 0.338 e. The van der Waals surface area contributed by atoms with Crippen molar-refractivity contribution in [2.24, 2.45) is 0 Å². The summed E-state index contributed by atoms with van der Waals surface area (Å²) in [5.41, 5.74) is 0.496. The lowest BCUT2D eigenvalue weighted by atomic mass is 10.1. The second-order valence-corrected chi connectivity index (χ2v) is 4.58. The van der Waals surface area contributed by atoms with Crippen molar-refractivity contribution in [2.75, 3.05) is 6.61 Å². The molecule has 0 aliphatic rings. The van der Waals surface area contributed by atoms with Crippen molar-refractivity contribution in [1.29, 1.82) is 0 Å². The van der Waals surface area contributed by atoms with Gasteiger partial charge in [0.05, 0.1) is 5.56 Å². The SMILES string of the molecule is C=CC(=O)OC(C)COC(=O)c1cccc2ccccc12. The Morgan fingerprint density at radius 2 is 1.90 bits per heavy atom. The molecule has 2 aromatic carbocycles. The van der Waals surface area contributed by atoms with E-state index in [0.29, 0.717) is 5.56 Å². The van der Waals surface area contributed by atoms with Gasteiger partial charge in [-0.1, -0.05) is 43.0 Å². The molecule has 0 saturated heterocycles. The molecule has 0 heterocycles. The minimum Gasteiger partial charge on any atom is -0.458 e. The minimum atomic E-state index is -0.538. The Bertz CT molecular complexity index is 670. The summed E-state index contributed by atoms with van der Waals surface area (Å²) in [6.07, 6.45) is 0.553. The zero-order valence-electron chi connectivity index (χ0n) is 11.7. The van der Waals surface area contributed by atoms with E-state index in [0.717, 1.165) is 16.8 Å². The van der Waals surface area contributed by atoms with Crippen molar-refractivity contribution >= 4 is 22.7 Å². The fourth-order valence-corrected chi connectivity index (χ4v) is 1.95. The predicted octanol–water partition coefficient (Wildman–Crippen LogP) is 3.11. The van der Waals surface area contributed by atoms with Gasteiger partial charge >= 0.3 is 11.9 Å². The Kier molecular flexibility index (Phi) is 4.72. The molecular weight excluding hydrogens is 268 g/mol. The molecule has 2 rings (SSSR count). The van der Waals surface area contributed by atoms with E-state index in [1.807, 2.05) is 30.3 Å². The fourth-order valence-electron chi connectivity index (χ4n) is 1.95. The second-order valence-electron chi connectivity index (χ2n) is 4.58. The number of esters is 2. The largest absolute Gasteiger partial charge is 0.458 e. The van der Waals surface area contributed by atoms with E-state index in [1.165, 1.54) is 0 Å². The normalized spacial score (nSPS) is 11.7. The lowest BCUT2D eigenvalue weighted by molar-refractivity contribution is -0.144. The lowest BCUT2D eigenvalue weighted by Crippen LogP contribution is -2.21. The van der Waals surface area contributed by atoms with E-state index in [-0.39, 0.29) is 6.61 Å². The van der Waals surface area contributed by atoms with Crippen LogP contribution in [0, 0.1) is 0 Å². The fraction of sp³-hybridized carbons (Fsp3) is 0.176. The molecule has 0 bridgehead atoms. The number of hydrogen-bond acceptors (Lipinski definition) is 4.